The third kappa shape index (κ3) is 9.64. The van der Waals surface area contributed by atoms with E-state index in [2.05, 4.69) is 26.1 Å². The molecule has 0 radical (unpaired) electrons. The van der Waals surface area contributed by atoms with Crippen LogP contribution in [0, 0.1) is 11.8 Å². The molecule has 32 heavy (non-hydrogen) atoms. The van der Waals surface area contributed by atoms with E-state index in [0.29, 0.717) is 0 Å². The Morgan fingerprint density at radius 3 is 1.56 bits per heavy atom. The largest absolute Gasteiger partial charge is 0.519 e. The quantitative estimate of drug-likeness (QED) is 0.408. The maximum absolute atomic E-state index is 13.1. The number of rotatable bonds is 9. The van der Waals surface area contributed by atoms with Crippen molar-refractivity contribution in [3.63, 3.8) is 0 Å². The van der Waals surface area contributed by atoms with Gasteiger partial charge in [-0.1, -0.05) is 62.3 Å². The summed E-state index contributed by atoms with van der Waals surface area (Å²) in [7, 11) is -4.71. The molecule has 2 unspecified atom stereocenters. The van der Waals surface area contributed by atoms with Gasteiger partial charge in [0.25, 0.3) is 22.6 Å². The molecule has 7 nitrogen and oxygen atoms in total. The van der Waals surface area contributed by atoms with Gasteiger partial charge in [0.15, 0.2) is 0 Å². The normalized spacial score (nSPS) is 15.1. The summed E-state index contributed by atoms with van der Waals surface area (Å²) in [6.45, 7) is 26.0. The molecule has 0 saturated carbocycles. The van der Waals surface area contributed by atoms with Crippen LogP contribution in [0.15, 0.2) is 0 Å². The average molecular weight is 490 g/mol. The van der Waals surface area contributed by atoms with Gasteiger partial charge in [-0.2, -0.15) is 0 Å². The minimum atomic E-state index is -2.41. The van der Waals surface area contributed by atoms with Crippen molar-refractivity contribution in [2.75, 3.05) is 6.61 Å². The average Bonchev–Trinajstić information content (AvgIpc) is 2.56. The summed E-state index contributed by atoms with van der Waals surface area (Å²) in [5, 5.41) is 2.31. The standard InChI is InChI=1S/C23H47NO6Si2/c1-16(2)15-28-21(27)24-18(20(26)30-32(12,13)23(7,8)9)14-17(3)19(25)29-31(10,11)22(4,5)6/h16-18H,14-15H2,1-13H3,(H,24,27). The van der Waals surface area contributed by atoms with Crippen LogP contribution in [0.25, 0.3) is 0 Å². The highest BCUT2D eigenvalue weighted by Gasteiger charge is 2.44. The first-order chi connectivity index (χ1) is 14.1. The van der Waals surface area contributed by atoms with Crippen molar-refractivity contribution in [1.82, 2.24) is 5.32 Å². The second-order valence-corrected chi connectivity index (χ2v) is 21.6. The highest BCUT2D eigenvalue weighted by molar-refractivity contribution is 6.75. The fourth-order valence-corrected chi connectivity index (χ4v) is 4.03. The van der Waals surface area contributed by atoms with Crippen molar-refractivity contribution in [1.29, 1.82) is 0 Å². The van der Waals surface area contributed by atoms with Gasteiger partial charge in [-0.05, 0) is 48.6 Å². The van der Waals surface area contributed by atoms with E-state index in [1.807, 2.05) is 60.8 Å². The van der Waals surface area contributed by atoms with Gasteiger partial charge in [0.1, 0.15) is 6.04 Å². The molecule has 188 valence electrons. The number of carbonyl (C=O) groups is 3. The fourth-order valence-electron chi connectivity index (χ4n) is 2.07. The van der Waals surface area contributed by atoms with Gasteiger partial charge >= 0.3 is 12.1 Å². The van der Waals surface area contributed by atoms with E-state index in [-0.39, 0.29) is 35.0 Å². The van der Waals surface area contributed by atoms with Gasteiger partial charge in [0.2, 0.25) is 0 Å². The van der Waals surface area contributed by atoms with Crippen LogP contribution in [-0.2, 0) is 23.2 Å². The summed E-state index contributed by atoms with van der Waals surface area (Å²) in [5.74, 6) is -1.33. The van der Waals surface area contributed by atoms with Gasteiger partial charge in [0, 0.05) is 0 Å². The number of hydrogen-bond donors (Lipinski definition) is 1. The van der Waals surface area contributed by atoms with Crippen LogP contribution < -0.4 is 5.32 Å². The fraction of sp³-hybridized carbons (Fsp3) is 0.870. The van der Waals surface area contributed by atoms with E-state index >= 15 is 0 Å². The van der Waals surface area contributed by atoms with E-state index in [4.69, 9.17) is 13.6 Å². The first-order valence-electron chi connectivity index (χ1n) is 11.5. The van der Waals surface area contributed by atoms with E-state index < -0.39 is 40.7 Å². The zero-order chi connectivity index (χ0) is 25.7. The molecule has 0 aromatic rings. The second kappa shape index (κ2) is 11.2. The molecule has 0 aliphatic carbocycles. The molecule has 0 rings (SSSR count). The highest BCUT2D eigenvalue weighted by atomic mass is 28.4. The van der Waals surface area contributed by atoms with E-state index in [1.165, 1.54) is 0 Å². The second-order valence-electron chi connectivity index (χ2n) is 12.2. The smallest absolute Gasteiger partial charge is 0.407 e. The minimum absolute atomic E-state index is 0.0810. The predicted octanol–water partition coefficient (Wildman–Crippen LogP) is 5.86. The zero-order valence-electron chi connectivity index (χ0n) is 22.6. The third-order valence-corrected chi connectivity index (χ3v) is 15.1. The molecule has 0 fully saturated rings. The van der Waals surface area contributed by atoms with Crippen LogP contribution >= 0.6 is 0 Å². The molecule has 0 aliphatic heterocycles. The third-order valence-electron chi connectivity index (χ3n) is 6.44. The van der Waals surface area contributed by atoms with Gasteiger partial charge in [0.05, 0.1) is 12.5 Å². The Hall–Kier alpha value is -1.36. The van der Waals surface area contributed by atoms with Gasteiger partial charge in [-0.15, -0.1) is 0 Å². The Labute approximate surface area is 197 Å². The minimum Gasteiger partial charge on any atom is -0.519 e. The molecular formula is C23H47NO6Si2. The molecule has 2 atom stereocenters. The van der Waals surface area contributed by atoms with Crippen LogP contribution in [0.4, 0.5) is 4.79 Å². The Kier molecular flexibility index (Phi) is 10.7. The highest BCUT2D eigenvalue weighted by Crippen LogP contribution is 2.38. The van der Waals surface area contributed by atoms with Crippen molar-refractivity contribution >= 4 is 34.7 Å². The summed E-state index contributed by atoms with van der Waals surface area (Å²) < 4.78 is 17.0. The number of hydrogen-bond acceptors (Lipinski definition) is 6. The van der Waals surface area contributed by atoms with Crippen LogP contribution in [0.5, 0.6) is 0 Å². The lowest BCUT2D eigenvalue weighted by atomic mass is 10.0. The maximum Gasteiger partial charge on any atom is 0.407 e. The summed E-state index contributed by atoms with van der Waals surface area (Å²) in [6.07, 6.45) is -0.613. The molecule has 0 spiro atoms. The lowest BCUT2D eigenvalue weighted by Crippen LogP contribution is -2.51. The van der Waals surface area contributed by atoms with Crippen molar-refractivity contribution in [3.05, 3.63) is 0 Å². The van der Waals surface area contributed by atoms with Crippen molar-refractivity contribution in [2.45, 2.75) is 111 Å². The predicted molar refractivity (Wildman–Crippen MR) is 133 cm³/mol. The number of nitrogens with one attached hydrogen (secondary N) is 1. The van der Waals surface area contributed by atoms with Gasteiger partial charge < -0.3 is 18.9 Å². The van der Waals surface area contributed by atoms with Crippen LogP contribution in [0.2, 0.25) is 36.3 Å². The van der Waals surface area contributed by atoms with E-state index in [1.54, 1.807) is 6.92 Å². The number of carbonyl (C=O) groups excluding carboxylic acids is 3. The molecule has 1 N–H and O–H groups in total. The first kappa shape index (κ1) is 30.6. The molecule has 0 aromatic heterocycles. The van der Waals surface area contributed by atoms with Crippen LogP contribution in [0.1, 0.15) is 68.7 Å². The van der Waals surface area contributed by atoms with Crippen molar-refractivity contribution in [2.24, 2.45) is 11.8 Å². The summed E-state index contributed by atoms with van der Waals surface area (Å²) in [4.78, 5) is 38.2. The van der Waals surface area contributed by atoms with Crippen molar-refractivity contribution in [3.8, 4) is 0 Å². The molecule has 0 heterocycles. The topological polar surface area (TPSA) is 90.9 Å². The SMILES string of the molecule is CC(C)COC(=O)NC(CC(C)C(=O)O[Si](C)(C)C(C)(C)C)C(=O)O[Si](C)(C)C(C)(C)C. The molecule has 0 aromatic carbocycles. The summed E-state index contributed by atoms with van der Waals surface area (Å²) in [5.41, 5.74) is 0. The molecule has 0 saturated heterocycles. The zero-order valence-corrected chi connectivity index (χ0v) is 24.6. The Bertz CT molecular complexity index is 662. The Morgan fingerprint density at radius 2 is 1.19 bits per heavy atom. The van der Waals surface area contributed by atoms with Gasteiger partial charge in [-0.3, -0.25) is 9.59 Å². The number of ether oxygens (including phenoxy) is 1. The summed E-state index contributed by atoms with van der Waals surface area (Å²) in [6, 6.07) is -0.995. The molecular weight excluding hydrogens is 442 g/mol. The van der Waals surface area contributed by atoms with Gasteiger partial charge in [-0.25, -0.2) is 4.79 Å². The van der Waals surface area contributed by atoms with E-state index in [0.717, 1.165) is 0 Å². The summed E-state index contributed by atoms with van der Waals surface area (Å²) >= 11 is 0. The molecule has 0 bridgehead atoms. The number of amides is 1. The first-order valence-corrected chi connectivity index (χ1v) is 17.3. The maximum atomic E-state index is 13.1. The lowest BCUT2D eigenvalue weighted by Gasteiger charge is -2.37. The van der Waals surface area contributed by atoms with E-state index in [9.17, 15) is 14.4 Å². The Balaban J connectivity index is 5.53. The van der Waals surface area contributed by atoms with Crippen molar-refractivity contribution < 1.29 is 28.0 Å². The van der Waals surface area contributed by atoms with Crippen LogP contribution in [-0.4, -0.2) is 47.3 Å². The monoisotopic (exact) mass is 489 g/mol. The molecule has 9 heteroatoms. The lowest BCUT2D eigenvalue weighted by molar-refractivity contribution is -0.142. The van der Waals surface area contributed by atoms with Crippen LogP contribution in [0.3, 0.4) is 0 Å². The molecule has 1 amide bonds. The number of alkyl carbamates (subject to hydrolysis) is 1. The Morgan fingerprint density at radius 1 is 0.781 bits per heavy atom. The molecule has 0 aliphatic rings.